The van der Waals surface area contributed by atoms with E-state index < -0.39 is 6.04 Å². The number of methoxy groups -OCH3 is 2. The van der Waals surface area contributed by atoms with Crippen LogP contribution in [0.5, 0.6) is 17.2 Å². The van der Waals surface area contributed by atoms with Crippen LogP contribution in [0.4, 0.5) is 11.6 Å². The molecule has 9 nitrogen and oxygen atoms in total. The minimum absolute atomic E-state index is 0.340. The Labute approximate surface area is 225 Å². The summed E-state index contributed by atoms with van der Waals surface area (Å²) < 4.78 is 18.4. The fourth-order valence-corrected chi connectivity index (χ4v) is 4.56. The number of halogens is 1. The highest BCUT2D eigenvalue weighted by molar-refractivity contribution is 6.32. The molecular formula is C28H26ClN5O4. The van der Waals surface area contributed by atoms with E-state index in [0.29, 0.717) is 46.0 Å². The number of rotatable bonds is 8. The van der Waals surface area contributed by atoms with Gasteiger partial charge in [-0.3, -0.25) is 4.79 Å². The number of carbonyl (C=O) groups excluding carboxylic acids is 1. The first-order chi connectivity index (χ1) is 18.5. The fourth-order valence-electron chi connectivity index (χ4n) is 4.33. The van der Waals surface area contributed by atoms with Gasteiger partial charge in [0.05, 0.1) is 30.5 Å². The molecule has 0 spiro atoms. The lowest BCUT2D eigenvalue weighted by Crippen LogP contribution is -2.31. The van der Waals surface area contributed by atoms with Gasteiger partial charge < -0.3 is 24.8 Å². The summed E-state index contributed by atoms with van der Waals surface area (Å²) in [6, 6.07) is 20.3. The Morgan fingerprint density at radius 1 is 1.05 bits per heavy atom. The fraction of sp³-hybridized carbons (Fsp3) is 0.179. The van der Waals surface area contributed by atoms with Crippen molar-refractivity contribution in [2.45, 2.75) is 19.6 Å². The van der Waals surface area contributed by atoms with Crippen molar-refractivity contribution in [2.24, 2.45) is 0 Å². The van der Waals surface area contributed by atoms with Gasteiger partial charge in [0, 0.05) is 17.8 Å². The highest BCUT2D eigenvalue weighted by atomic mass is 35.5. The van der Waals surface area contributed by atoms with E-state index in [1.54, 1.807) is 16.8 Å². The molecule has 38 heavy (non-hydrogen) atoms. The van der Waals surface area contributed by atoms with E-state index in [1.165, 1.54) is 20.5 Å². The Morgan fingerprint density at radius 3 is 2.50 bits per heavy atom. The third-order valence-corrected chi connectivity index (χ3v) is 6.50. The highest BCUT2D eigenvalue weighted by Gasteiger charge is 2.34. The van der Waals surface area contributed by atoms with Crippen molar-refractivity contribution in [3.63, 3.8) is 0 Å². The minimum atomic E-state index is -0.530. The molecule has 1 aliphatic heterocycles. The van der Waals surface area contributed by atoms with Gasteiger partial charge in [0.1, 0.15) is 36.2 Å². The third kappa shape index (κ3) is 5.01. The first-order valence-electron chi connectivity index (χ1n) is 11.9. The highest BCUT2D eigenvalue weighted by Crippen LogP contribution is 2.39. The second-order valence-corrected chi connectivity index (χ2v) is 8.99. The standard InChI is InChI=1S/C28H26ClN5O4/c1-17-25(27(35)33-22-14-23(36-2)21(29)13-24(22)37-3)26(34-28(32-17)30-16-31-34)19-9-11-20(12-10-19)38-15-18-7-5-4-6-8-18/h4-14,16,26H,15H2,1-3H3,(H,33,35)(H,30,31,32)/t26-/m1/s1. The Morgan fingerprint density at radius 2 is 1.79 bits per heavy atom. The predicted octanol–water partition coefficient (Wildman–Crippen LogP) is 5.46. The molecule has 1 atom stereocenters. The average Bonchev–Trinajstić information content (AvgIpc) is 3.40. The van der Waals surface area contributed by atoms with E-state index in [9.17, 15) is 4.79 Å². The normalized spacial score (nSPS) is 14.4. The summed E-state index contributed by atoms with van der Waals surface area (Å²) in [7, 11) is 3.01. The van der Waals surface area contributed by atoms with Crippen LogP contribution >= 0.6 is 11.6 Å². The number of amides is 1. The second-order valence-electron chi connectivity index (χ2n) is 8.58. The maximum atomic E-state index is 13.7. The number of nitrogens with zero attached hydrogens (tertiary/aromatic N) is 3. The quantitative estimate of drug-likeness (QED) is 0.311. The van der Waals surface area contributed by atoms with Crippen LogP contribution in [0.1, 0.15) is 24.1 Å². The molecule has 0 aliphatic carbocycles. The third-order valence-electron chi connectivity index (χ3n) is 6.21. The topological polar surface area (TPSA) is 99.5 Å². The Bertz CT molecular complexity index is 1490. The van der Waals surface area contributed by atoms with Gasteiger partial charge in [-0.2, -0.15) is 10.1 Å². The van der Waals surface area contributed by atoms with E-state index >= 15 is 0 Å². The van der Waals surface area contributed by atoms with Crippen LogP contribution in [0.15, 0.2) is 84.3 Å². The monoisotopic (exact) mass is 531 g/mol. The molecular weight excluding hydrogens is 506 g/mol. The van der Waals surface area contributed by atoms with Crippen LogP contribution in [0.3, 0.4) is 0 Å². The molecule has 0 fully saturated rings. The molecule has 2 heterocycles. The van der Waals surface area contributed by atoms with Gasteiger partial charge in [0.15, 0.2) is 0 Å². The Balaban J connectivity index is 1.44. The average molecular weight is 532 g/mol. The van der Waals surface area contributed by atoms with Crippen molar-refractivity contribution in [1.29, 1.82) is 0 Å². The van der Waals surface area contributed by atoms with Gasteiger partial charge >= 0.3 is 0 Å². The molecule has 0 unspecified atom stereocenters. The number of hydrogen-bond acceptors (Lipinski definition) is 7. The molecule has 194 valence electrons. The molecule has 3 aromatic carbocycles. The van der Waals surface area contributed by atoms with Crippen LogP contribution in [-0.4, -0.2) is 34.9 Å². The zero-order chi connectivity index (χ0) is 26.6. The largest absolute Gasteiger partial charge is 0.495 e. The van der Waals surface area contributed by atoms with E-state index in [0.717, 1.165) is 16.9 Å². The summed E-state index contributed by atoms with van der Waals surface area (Å²) in [5.41, 5.74) is 3.46. The molecule has 0 radical (unpaired) electrons. The van der Waals surface area contributed by atoms with Gasteiger partial charge in [0.25, 0.3) is 5.91 Å². The molecule has 0 bridgehead atoms. The lowest BCUT2D eigenvalue weighted by atomic mass is 9.95. The van der Waals surface area contributed by atoms with Crippen molar-refractivity contribution in [3.8, 4) is 17.2 Å². The number of nitrogens with one attached hydrogen (secondary N) is 2. The van der Waals surface area contributed by atoms with E-state index in [1.807, 2.05) is 61.5 Å². The number of fused-ring (bicyclic) bond motifs is 1. The van der Waals surface area contributed by atoms with Gasteiger partial charge in [-0.05, 0) is 30.2 Å². The zero-order valence-corrected chi connectivity index (χ0v) is 21.8. The van der Waals surface area contributed by atoms with E-state index in [2.05, 4.69) is 20.7 Å². The smallest absolute Gasteiger partial charge is 0.255 e. The van der Waals surface area contributed by atoms with Crippen LogP contribution < -0.4 is 24.8 Å². The molecule has 4 aromatic rings. The van der Waals surface area contributed by atoms with Crippen molar-refractivity contribution in [1.82, 2.24) is 14.8 Å². The number of aromatic nitrogens is 3. The number of anilines is 2. The number of ether oxygens (including phenoxy) is 3. The minimum Gasteiger partial charge on any atom is -0.495 e. The van der Waals surface area contributed by atoms with Gasteiger partial charge in [0.2, 0.25) is 5.95 Å². The van der Waals surface area contributed by atoms with Gasteiger partial charge in [-0.25, -0.2) is 4.68 Å². The maximum absolute atomic E-state index is 13.7. The van der Waals surface area contributed by atoms with Crippen molar-refractivity contribution in [2.75, 3.05) is 24.9 Å². The number of hydrogen-bond donors (Lipinski definition) is 2. The van der Waals surface area contributed by atoms with Crippen molar-refractivity contribution in [3.05, 3.63) is 100 Å². The van der Waals surface area contributed by atoms with Crippen molar-refractivity contribution >= 4 is 29.1 Å². The first kappa shape index (κ1) is 25.2. The second kappa shape index (κ2) is 10.9. The predicted molar refractivity (Wildman–Crippen MR) is 145 cm³/mol. The first-order valence-corrected chi connectivity index (χ1v) is 12.2. The molecule has 0 saturated heterocycles. The summed E-state index contributed by atoms with van der Waals surface area (Å²) in [4.78, 5) is 18.0. The summed E-state index contributed by atoms with van der Waals surface area (Å²) in [6.07, 6.45) is 1.45. The summed E-state index contributed by atoms with van der Waals surface area (Å²) in [6.45, 7) is 2.29. The lowest BCUT2D eigenvalue weighted by molar-refractivity contribution is -0.113. The number of benzene rings is 3. The SMILES string of the molecule is COc1cc(NC(=O)C2=C(C)Nc3ncnn3[C@@H]2c2ccc(OCc3ccccc3)cc2)c(OC)cc1Cl. The van der Waals surface area contributed by atoms with E-state index in [4.69, 9.17) is 25.8 Å². The maximum Gasteiger partial charge on any atom is 0.255 e. The molecule has 5 rings (SSSR count). The molecule has 2 N–H and O–H groups in total. The number of carbonyl (C=O) groups is 1. The van der Waals surface area contributed by atoms with Crippen LogP contribution in [0.25, 0.3) is 0 Å². The molecule has 10 heteroatoms. The molecule has 1 aliphatic rings. The van der Waals surface area contributed by atoms with Crippen LogP contribution in [0, 0.1) is 0 Å². The van der Waals surface area contributed by atoms with Gasteiger partial charge in [-0.1, -0.05) is 54.1 Å². The summed E-state index contributed by atoms with van der Waals surface area (Å²) in [5.74, 6) is 1.74. The zero-order valence-electron chi connectivity index (χ0n) is 21.1. The summed E-state index contributed by atoms with van der Waals surface area (Å²) in [5, 5.41) is 10.9. The van der Waals surface area contributed by atoms with E-state index in [-0.39, 0.29) is 5.91 Å². The molecule has 1 aromatic heterocycles. The number of allylic oxidation sites excluding steroid dienone is 1. The van der Waals surface area contributed by atoms with Crippen LogP contribution in [-0.2, 0) is 11.4 Å². The molecule has 0 saturated carbocycles. The molecule has 1 amide bonds. The van der Waals surface area contributed by atoms with Crippen molar-refractivity contribution < 1.29 is 19.0 Å². The Hall–Kier alpha value is -4.50. The summed E-state index contributed by atoms with van der Waals surface area (Å²) >= 11 is 6.24. The lowest BCUT2D eigenvalue weighted by Gasteiger charge is -2.29. The van der Waals surface area contributed by atoms with Gasteiger partial charge in [-0.15, -0.1) is 0 Å². The van der Waals surface area contributed by atoms with Crippen LogP contribution in [0.2, 0.25) is 5.02 Å². The Kier molecular flexibility index (Phi) is 7.19.